The summed E-state index contributed by atoms with van der Waals surface area (Å²) in [4.78, 5) is 44.4. The van der Waals surface area contributed by atoms with Crippen LogP contribution in [-0.2, 0) is 4.79 Å². The second-order valence-corrected chi connectivity index (χ2v) is 10.1. The number of hydrogen-bond donors (Lipinski definition) is 0. The molecule has 6 nitrogen and oxygen atoms in total. The number of halogens is 1. The number of ketones is 3. The van der Waals surface area contributed by atoms with Crippen molar-refractivity contribution in [2.24, 2.45) is 5.41 Å². The lowest BCUT2D eigenvalue weighted by Crippen LogP contribution is -2.48. The fraction of sp³-hybridized carbons (Fsp3) is 0.233. The molecule has 1 spiro atoms. The minimum atomic E-state index is -1.58. The molecule has 37 heavy (non-hydrogen) atoms. The first kappa shape index (κ1) is 23.5. The van der Waals surface area contributed by atoms with Crippen molar-refractivity contribution in [2.75, 3.05) is 19.1 Å². The molecule has 0 aromatic heterocycles. The monoisotopic (exact) mass is 513 g/mol. The van der Waals surface area contributed by atoms with Crippen LogP contribution >= 0.6 is 11.6 Å². The second-order valence-electron chi connectivity index (χ2n) is 9.63. The normalized spacial score (nSPS) is 22.6. The van der Waals surface area contributed by atoms with Crippen molar-refractivity contribution in [1.82, 2.24) is 0 Å². The summed E-state index contributed by atoms with van der Waals surface area (Å²) in [5.74, 6) is -0.555. The average molecular weight is 514 g/mol. The molecule has 6 rings (SSSR count). The van der Waals surface area contributed by atoms with Crippen LogP contribution in [0.1, 0.15) is 44.7 Å². The van der Waals surface area contributed by atoms with Gasteiger partial charge in [0.15, 0.2) is 17.3 Å². The van der Waals surface area contributed by atoms with Crippen LogP contribution in [0.5, 0.6) is 11.5 Å². The number of rotatable bonds is 4. The van der Waals surface area contributed by atoms with Gasteiger partial charge in [-0.3, -0.25) is 14.4 Å². The predicted molar refractivity (Wildman–Crippen MR) is 141 cm³/mol. The summed E-state index contributed by atoms with van der Waals surface area (Å²) in [7, 11) is 3.08. The van der Waals surface area contributed by atoms with Crippen molar-refractivity contribution in [3.8, 4) is 11.5 Å². The van der Waals surface area contributed by atoms with Gasteiger partial charge in [-0.1, -0.05) is 48.0 Å². The molecule has 1 fully saturated rings. The van der Waals surface area contributed by atoms with Crippen molar-refractivity contribution in [2.45, 2.75) is 24.9 Å². The molecule has 3 aromatic rings. The zero-order valence-electron chi connectivity index (χ0n) is 20.5. The van der Waals surface area contributed by atoms with Gasteiger partial charge in [0.1, 0.15) is 16.9 Å². The molecule has 1 aliphatic carbocycles. The fourth-order valence-electron chi connectivity index (χ4n) is 6.53. The lowest BCUT2D eigenvalue weighted by Gasteiger charge is -2.37. The summed E-state index contributed by atoms with van der Waals surface area (Å²) < 4.78 is 11.2. The van der Waals surface area contributed by atoms with Crippen LogP contribution in [0, 0.1) is 5.41 Å². The first-order chi connectivity index (χ1) is 17.8. The first-order valence-corrected chi connectivity index (χ1v) is 12.4. The number of fused-ring (bicyclic) bond motifs is 5. The van der Waals surface area contributed by atoms with Crippen molar-refractivity contribution in [3.05, 3.63) is 94.0 Å². The zero-order chi connectivity index (χ0) is 26.1. The van der Waals surface area contributed by atoms with E-state index < -0.39 is 23.4 Å². The Kier molecular flexibility index (Phi) is 5.28. The third-order valence-corrected chi connectivity index (χ3v) is 8.19. The Morgan fingerprint density at radius 3 is 2.27 bits per heavy atom. The third-order valence-electron chi connectivity index (χ3n) is 7.95. The van der Waals surface area contributed by atoms with Crippen LogP contribution in [0.15, 0.2) is 66.7 Å². The Morgan fingerprint density at radius 2 is 1.65 bits per heavy atom. The van der Waals surface area contributed by atoms with E-state index in [4.69, 9.17) is 21.1 Å². The average Bonchev–Trinajstić information content (AvgIpc) is 3.34. The van der Waals surface area contributed by atoms with Crippen molar-refractivity contribution >= 4 is 40.7 Å². The molecule has 186 valence electrons. The summed E-state index contributed by atoms with van der Waals surface area (Å²) in [6.07, 6.45) is 3.75. The lowest BCUT2D eigenvalue weighted by molar-refractivity contribution is -0.118. The number of ether oxygens (including phenoxy) is 2. The highest BCUT2D eigenvalue weighted by Crippen LogP contribution is 2.62. The number of benzene rings is 3. The second kappa shape index (κ2) is 8.32. The van der Waals surface area contributed by atoms with E-state index in [2.05, 4.69) is 0 Å². The standard InChI is InChI=1S/C30H24ClNO5/c1-16(33)27-26(22-15-19(36-2)10-12-24(22)37-3)30(28(34)20-6-4-5-7-21(20)29(30)35)25-13-8-17-14-18(31)9-11-23(17)32(25)27/h4-15,25-27H,1-3H3/t25-,26-,27-/m1/s1. The highest BCUT2D eigenvalue weighted by molar-refractivity contribution is 6.32. The van der Waals surface area contributed by atoms with Crippen LogP contribution in [-0.4, -0.2) is 43.7 Å². The van der Waals surface area contributed by atoms with Gasteiger partial charge in [0, 0.05) is 33.3 Å². The molecule has 0 N–H and O–H groups in total. The minimum Gasteiger partial charge on any atom is -0.497 e. The van der Waals surface area contributed by atoms with E-state index in [0.29, 0.717) is 33.2 Å². The Balaban J connectivity index is 1.71. The molecule has 7 heteroatoms. The Hall–Kier alpha value is -3.90. The van der Waals surface area contributed by atoms with E-state index in [1.165, 1.54) is 14.0 Å². The van der Waals surface area contributed by atoms with Gasteiger partial charge in [-0.15, -0.1) is 0 Å². The maximum atomic E-state index is 14.5. The van der Waals surface area contributed by atoms with Crippen molar-refractivity contribution in [3.63, 3.8) is 0 Å². The Bertz CT molecular complexity index is 1490. The van der Waals surface area contributed by atoms with Crippen LogP contribution in [0.25, 0.3) is 6.08 Å². The summed E-state index contributed by atoms with van der Waals surface area (Å²) in [5.41, 5.74) is 1.32. The molecular weight excluding hydrogens is 490 g/mol. The highest BCUT2D eigenvalue weighted by atomic mass is 35.5. The number of nitrogens with zero attached hydrogens (tertiary/aromatic N) is 1. The lowest BCUT2D eigenvalue weighted by atomic mass is 9.64. The summed E-state index contributed by atoms with van der Waals surface area (Å²) in [6, 6.07) is 16.1. The highest BCUT2D eigenvalue weighted by Gasteiger charge is 2.71. The van der Waals surface area contributed by atoms with E-state index in [-0.39, 0.29) is 17.3 Å². The molecule has 2 heterocycles. The molecule has 3 aliphatic rings. The van der Waals surface area contributed by atoms with E-state index in [0.717, 1.165) is 11.3 Å². The number of methoxy groups -OCH3 is 2. The number of carbonyl (C=O) groups is 3. The molecule has 0 unspecified atom stereocenters. The Morgan fingerprint density at radius 1 is 0.946 bits per heavy atom. The minimum absolute atomic E-state index is 0.162. The zero-order valence-corrected chi connectivity index (χ0v) is 21.3. The van der Waals surface area contributed by atoms with E-state index in [1.54, 1.807) is 55.6 Å². The van der Waals surface area contributed by atoms with E-state index >= 15 is 0 Å². The predicted octanol–water partition coefficient (Wildman–Crippen LogP) is 5.38. The maximum absolute atomic E-state index is 14.5. The van der Waals surface area contributed by atoms with Crippen molar-refractivity contribution in [1.29, 1.82) is 0 Å². The number of hydrogen-bond acceptors (Lipinski definition) is 6. The van der Waals surface area contributed by atoms with Gasteiger partial charge < -0.3 is 14.4 Å². The fourth-order valence-corrected chi connectivity index (χ4v) is 6.71. The summed E-state index contributed by atoms with van der Waals surface area (Å²) in [5, 5.41) is 0.557. The maximum Gasteiger partial charge on any atom is 0.180 e. The van der Waals surface area contributed by atoms with Crippen molar-refractivity contribution < 1.29 is 23.9 Å². The number of carbonyl (C=O) groups excluding carboxylic acids is 3. The Labute approximate surface area is 219 Å². The molecule has 2 aliphatic heterocycles. The smallest absolute Gasteiger partial charge is 0.180 e. The molecule has 0 bridgehead atoms. The van der Waals surface area contributed by atoms with E-state index in [1.807, 2.05) is 29.2 Å². The quantitative estimate of drug-likeness (QED) is 0.436. The van der Waals surface area contributed by atoms with Crippen LogP contribution in [0.4, 0.5) is 5.69 Å². The SMILES string of the molecule is COc1ccc(OC)c([C@@H]2[C@@H](C(C)=O)N3c4ccc(Cl)cc4C=C[C@@H]3C23C(=O)c2ccccc2C3=O)c1. The number of anilines is 1. The van der Waals surface area contributed by atoms with Gasteiger partial charge >= 0.3 is 0 Å². The number of Topliss-reactive ketones (excluding diaryl/α,β-unsaturated/α-hetero) is 3. The molecule has 3 aromatic carbocycles. The summed E-state index contributed by atoms with van der Waals surface area (Å²) in [6.45, 7) is 1.51. The molecular formula is C30H24ClNO5. The van der Waals surface area contributed by atoms with Crippen LogP contribution < -0.4 is 14.4 Å². The van der Waals surface area contributed by atoms with E-state index in [9.17, 15) is 14.4 Å². The largest absolute Gasteiger partial charge is 0.497 e. The topological polar surface area (TPSA) is 72.9 Å². The molecule has 0 amide bonds. The third kappa shape index (κ3) is 3.02. The van der Waals surface area contributed by atoms with Gasteiger partial charge in [0.2, 0.25) is 0 Å². The first-order valence-electron chi connectivity index (χ1n) is 12.0. The van der Waals surface area contributed by atoms with Gasteiger partial charge in [-0.05, 0) is 48.9 Å². The summed E-state index contributed by atoms with van der Waals surface area (Å²) >= 11 is 6.29. The van der Waals surface area contributed by atoms with Gasteiger partial charge in [-0.2, -0.15) is 0 Å². The van der Waals surface area contributed by atoms with Gasteiger partial charge in [0.05, 0.1) is 26.3 Å². The molecule has 0 radical (unpaired) electrons. The van der Waals surface area contributed by atoms with Crippen LogP contribution in [0.2, 0.25) is 5.02 Å². The molecule has 3 atom stereocenters. The molecule has 0 saturated carbocycles. The van der Waals surface area contributed by atoms with Gasteiger partial charge in [-0.25, -0.2) is 0 Å². The van der Waals surface area contributed by atoms with Gasteiger partial charge in [0.25, 0.3) is 0 Å². The van der Waals surface area contributed by atoms with Crippen LogP contribution in [0.3, 0.4) is 0 Å². The molecule has 1 saturated heterocycles.